The minimum absolute atomic E-state index is 0.118. The van der Waals surface area contributed by atoms with Crippen LogP contribution in [0.15, 0.2) is 52.9 Å². The molecule has 4 aromatic rings. The first-order valence-corrected chi connectivity index (χ1v) is 8.62. The Morgan fingerprint density at radius 2 is 2.04 bits per heavy atom. The van der Waals surface area contributed by atoms with Crippen LogP contribution in [0.2, 0.25) is 0 Å². The average molecular weight is 367 g/mol. The van der Waals surface area contributed by atoms with Crippen molar-refractivity contribution in [3.05, 3.63) is 64.3 Å². The molecule has 130 valence electrons. The summed E-state index contributed by atoms with van der Waals surface area (Å²) in [4.78, 5) is 28.7. The number of nitrogens with zero attached hydrogens (tertiary/aromatic N) is 6. The van der Waals surface area contributed by atoms with Gasteiger partial charge >= 0.3 is 0 Å². The molecule has 0 aliphatic carbocycles. The van der Waals surface area contributed by atoms with Crippen molar-refractivity contribution in [3.8, 4) is 5.69 Å². The number of thiophene rings is 1. The first-order valence-electron chi connectivity index (χ1n) is 7.74. The highest BCUT2D eigenvalue weighted by molar-refractivity contribution is 7.17. The van der Waals surface area contributed by atoms with Gasteiger partial charge in [0.25, 0.3) is 5.56 Å². The Morgan fingerprint density at radius 1 is 1.19 bits per heavy atom. The molecule has 0 saturated heterocycles. The molecule has 10 heteroatoms. The number of rotatable bonds is 5. The molecule has 0 bridgehead atoms. The minimum Gasteiger partial charge on any atom is -0.347 e. The number of hydrogen-bond donors (Lipinski definition) is 1. The van der Waals surface area contributed by atoms with Gasteiger partial charge < -0.3 is 5.32 Å². The van der Waals surface area contributed by atoms with Crippen LogP contribution in [0.25, 0.3) is 15.9 Å². The summed E-state index contributed by atoms with van der Waals surface area (Å²) in [5.74, 6) is 0.163. The van der Waals surface area contributed by atoms with E-state index in [0.717, 1.165) is 5.69 Å². The molecule has 0 saturated carbocycles. The van der Waals surface area contributed by atoms with E-state index in [0.29, 0.717) is 16.0 Å². The standard InChI is InChI=1S/C16H13N7O2S/c24-14(9-22-10-18-12-6-7-26-15(12)16(22)25)17-8-13-19-20-21-23(13)11-4-2-1-3-5-11/h1-7,10H,8-9H2,(H,17,24). The number of para-hydroxylation sites is 1. The van der Waals surface area contributed by atoms with Crippen LogP contribution in [-0.2, 0) is 17.9 Å². The predicted octanol–water partition coefficient (Wildman–Crippen LogP) is 0.750. The maximum atomic E-state index is 12.3. The molecule has 3 heterocycles. The van der Waals surface area contributed by atoms with E-state index < -0.39 is 0 Å². The Morgan fingerprint density at radius 3 is 2.88 bits per heavy atom. The fourth-order valence-electron chi connectivity index (χ4n) is 2.47. The number of nitrogens with one attached hydrogen (secondary N) is 1. The van der Waals surface area contributed by atoms with Gasteiger partial charge in [0.15, 0.2) is 5.82 Å². The molecule has 0 aliphatic rings. The zero-order valence-corrected chi connectivity index (χ0v) is 14.3. The third-order valence-electron chi connectivity index (χ3n) is 3.73. The number of hydrogen-bond acceptors (Lipinski definition) is 7. The zero-order chi connectivity index (χ0) is 17.9. The SMILES string of the molecule is O=C(Cn1cnc2ccsc2c1=O)NCc1nnnn1-c1ccccc1. The van der Waals surface area contributed by atoms with Crippen molar-refractivity contribution in [3.63, 3.8) is 0 Å². The van der Waals surface area contributed by atoms with E-state index in [9.17, 15) is 9.59 Å². The zero-order valence-electron chi connectivity index (χ0n) is 13.4. The van der Waals surface area contributed by atoms with Crippen LogP contribution in [0.5, 0.6) is 0 Å². The second-order valence-electron chi connectivity index (χ2n) is 5.43. The third kappa shape index (κ3) is 3.09. The molecule has 0 unspecified atom stereocenters. The number of carbonyl (C=O) groups excluding carboxylic acids is 1. The van der Waals surface area contributed by atoms with Crippen molar-refractivity contribution >= 4 is 27.5 Å². The Bertz CT molecular complexity index is 1120. The van der Waals surface area contributed by atoms with Crippen LogP contribution in [-0.4, -0.2) is 35.7 Å². The van der Waals surface area contributed by atoms with Crippen molar-refractivity contribution in [2.24, 2.45) is 0 Å². The van der Waals surface area contributed by atoms with Crippen molar-refractivity contribution in [2.45, 2.75) is 13.1 Å². The lowest BCUT2D eigenvalue weighted by Gasteiger charge is -2.07. The van der Waals surface area contributed by atoms with Gasteiger partial charge in [-0.3, -0.25) is 14.2 Å². The van der Waals surface area contributed by atoms with Gasteiger partial charge in [0, 0.05) is 0 Å². The second-order valence-corrected chi connectivity index (χ2v) is 6.35. The van der Waals surface area contributed by atoms with E-state index in [1.165, 1.54) is 22.2 Å². The first kappa shape index (κ1) is 16.1. The van der Waals surface area contributed by atoms with Gasteiger partial charge in [-0.2, -0.15) is 4.68 Å². The van der Waals surface area contributed by atoms with Crippen molar-refractivity contribution < 1.29 is 4.79 Å². The summed E-state index contributed by atoms with van der Waals surface area (Å²) in [5, 5.41) is 16.0. The Hall–Kier alpha value is -3.40. The first-order chi connectivity index (χ1) is 12.7. The Kier molecular flexibility index (Phi) is 4.23. The largest absolute Gasteiger partial charge is 0.347 e. The van der Waals surface area contributed by atoms with Crippen molar-refractivity contribution in [2.75, 3.05) is 0 Å². The van der Waals surface area contributed by atoms with Gasteiger partial charge in [0.1, 0.15) is 11.2 Å². The highest BCUT2D eigenvalue weighted by Gasteiger charge is 2.12. The summed E-state index contributed by atoms with van der Waals surface area (Å²) < 4.78 is 3.37. The fraction of sp³-hybridized carbons (Fsp3) is 0.125. The third-order valence-corrected chi connectivity index (χ3v) is 4.62. The number of amides is 1. The lowest BCUT2D eigenvalue weighted by atomic mass is 10.3. The monoisotopic (exact) mass is 367 g/mol. The van der Waals surface area contributed by atoms with Crippen LogP contribution < -0.4 is 10.9 Å². The van der Waals surface area contributed by atoms with E-state index in [4.69, 9.17) is 0 Å². The number of aromatic nitrogens is 6. The quantitative estimate of drug-likeness (QED) is 0.558. The van der Waals surface area contributed by atoms with Crippen LogP contribution in [0, 0.1) is 0 Å². The molecular weight excluding hydrogens is 354 g/mol. The number of benzene rings is 1. The Labute approximate surface area is 150 Å². The fourth-order valence-corrected chi connectivity index (χ4v) is 3.26. The van der Waals surface area contributed by atoms with Gasteiger partial charge in [-0.05, 0) is 34.0 Å². The highest BCUT2D eigenvalue weighted by Crippen LogP contribution is 2.13. The summed E-state index contributed by atoms with van der Waals surface area (Å²) in [6, 6.07) is 11.1. The summed E-state index contributed by atoms with van der Waals surface area (Å²) >= 11 is 1.31. The molecule has 0 aliphatic heterocycles. The predicted molar refractivity (Wildman–Crippen MR) is 94.9 cm³/mol. The normalized spacial score (nSPS) is 10.9. The maximum absolute atomic E-state index is 12.3. The molecule has 4 rings (SSSR count). The second kappa shape index (κ2) is 6.84. The lowest BCUT2D eigenvalue weighted by Crippen LogP contribution is -2.32. The molecule has 0 spiro atoms. The summed E-state index contributed by atoms with van der Waals surface area (Å²) in [5.41, 5.74) is 1.21. The minimum atomic E-state index is -0.326. The Balaban J connectivity index is 1.46. The summed E-state index contributed by atoms with van der Waals surface area (Å²) in [6.07, 6.45) is 1.38. The van der Waals surface area contributed by atoms with E-state index in [2.05, 4.69) is 25.8 Å². The van der Waals surface area contributed by atoms with Crippen LogP contribution in [0.3, 0.4) is 0 Å². The molecular formula is C16H13N7O2S. The molecule has 0 atom stereocenters. The van der Waals surface area contributed by atoms with Crippen LogP contribution >= 0.6 is 11.3 Å². The highest BCUT2D eigenvalue weighted by atomic mass is 32.1. The molecule has 1 amide bonds. The van der Waals surface area contributed by atoms with Gasteiger partial charge in [0.05, 0.1) is 24.1 Å². The molecule has 1 aromatic carbocycles. The molecule has 0 radical (unpaired) electrons. The van der Waals surface area contributed by atoms with Gasteiger partial charge in [0.2, 0.25) is 5.91 Å². The molecule has 9 nitrogen and oxygen atoms in total. The number of carbonyl (C=O) groups is 1. The van der Waals surface area contributed by atoms with Crippen molar-refractivity contribution in [1.29, 1.82) is 0 Å². The number of tetrazole rings is 1. The number of fused-ring (bicyclic) bond motifs is 1. The van der Waals surface area contributed by atoms with Crippen LogP contribution in [0.4, 0.5) is 0 Å². The average Bonchev–Trinajstić information content (AvgIpc) is 3.32. The van der Waals surface area contributed by atoms with Gasteiger partial charge in [-0.1, -0.05) is 18.2 Å². The van der Waals surface area contributed by atoms with Crippen molar-refractivity contribution in [1.82, 2.24) is 35.1 Å². The molecule has 1 N–H and O–H groups in total. The maximum Gasteiger partial charge on any atom is 0.271 e. The van der Waals surface area contributed by atoms with E-state index in [1.54, 1.807) is 16.1 Å². The molecule has 3 aromatic heterocycles. The van der Waals surface area contributed by atoms with E-state index in [1.807, 2.05) is 30.3 Å². The molecule has 26 heavy (non-hydrogen) atoms. The smallest absolute Gasteiger partial charge is 0.271 e. The lowest BCUT2D eigenvalue weighted by molar-refractivity contribution is -0.121. The van der Waals surface area contributed by atoms with Crippen LogP contribution in [0.1, 0.15) is 5.82 Å². The molecule has 0 fully saturated rings. The summed E-state index contributed by atoms with van der Waals surface area (Å²) in [6.45, 7) is 0.0245. The van der Waals surface area contributed by atoms with E-state index in [-0.39, 0.29) is 24.6 Å². The van der Waals surface area contributed by atoms with E-state index >= 15 is 0 Å². The topological polar surface area (TPSA) is 108 Å². The van der Waals surface area contributed by atoms with Gasteiger partial charge in [-0.15, -0.1) is 16.4 Å². The van der Waals surface area contributed by atoms with Gasteiger partial charge in [-0.25, -0.2) is 4.98 Å². The summed E-state index contributed by atoms with van der Waals surface area (Å²) in [7, 11) is 0.